The number of rotatable bonds is 2. The molecule has 0 fully saturated rings. The molecule has 1 heterocycles. The van der Waals surface area contributed by atoms with Crippen molar-refractivity contribution in [3.05, 3.63) is 28.5 Å². The first-order chi connectivity index (χ1) is 5.97. The molecule has 1 aromatic heterocycles. The number of thioether (sulfide) groups is 1. The van der Waals surface area contributed by atoms with E-state index in [2.05, 4.69) is 47.8 Å². The zero-order chi connectivity index (χ0) is 9.90. The SMILES string of the molecule is CC(C)(C)SCc1ccc(Br)cn1. The van der Waals surface area contributed by atoms with E-state index in [0.29, 0.717) is 4.75 Å². The van der Waals surface area contributed by atoms with Crippen LogP contribution >= 0.6 is 27.7 Å². The van der Waals surface area contributed by atoms with E-state index in [1.807, 2.05) is 24.0 Å². The van der Waals surface area contributed by atoms with Crippen molar-refractivity contribution in [2.45, 2.75) is 31.3 Å². The van der Waals surface area contributed by atoms with Crippen molar-refractivity contribution in [1.82, 2.24) is 4.98 Å². The molecule has 0 aliphatic rings. The summed E-state index contributed by atoms with van der Waals surface area (Å²) < 4.78 is 1.35. The minimum atomic E-state index is 0.314. The molecule has 1 rings (SSSR count). The van der Waals surface area contributed by atoms with E-state index in [-0.39, 0.29) is 0 Å². The first-order valence-electron chi connectivity index (χ1n) is 4.22. The van der Waals surface area contributed by atoms with Crippen LogP contribution in [0.1, 0.15) is 26.5 Å². The van der Waals surface area contributed by atoms with Gasteiger partial charge >= 0.3 is 0 Å². The van der Waals surface area contributed by atoms with Gasteiger partial charge in [0.05, 0.1) is 5.69 Å². The van der Waals surface area contributed by atoms with Crippen LogP contribution in [0.3, 0.4) is 0 Å². The van der Waals surface area contributed by atoms with Gasteiger partial charge in [0.2, 0.25) is 0 Å². The van der Waals surface area contributed by atoms with E-state index < -0.39 is 0 Å². The number of pyridine rings is 1. The van der Waals surface area contributed by atoms with Crippen molar-refractivity contribution in [3.63, 3.8) is 0 Å². The molecule has 0 saturated heterocycles. The molecule has 1 nitrogen and oxygen atoms in total. The van der Waals surface area contributed by atoms with E-state index in [1.165, 1.54) is 0 Å². The Morgan fingerprint density at radius 3 is 2.54 bits per heavy atom. The molecule has 0 unspecified atom stereocenters. The van der Waals surface area contributed by atoms with Gasteiger partial charge in [0.15, 0.2) is 0 Å². The van der Waals surface area contributed by atoms with Crippen LogP contribution in [-0.2, 0) is 5.75 Å². The molecule has 0 aliphatic carbocycles. The van der Waals surface area contributed by atoms with Gasteiger partial charge in [-0.25, -0.2) is 0 Å². The molecule has 0 radical (unpaired) electrons. The fraction of sp³-hybridized carbons (Fsp3) is 0.500. The second kappa shape index (κ2) is 4.47. The molecular weight excluding hydrogens is 246 g/mol. The smallest absolute Gasteiger partial charge is 0.0503 e. The Hall–Kier alpha value is -0.0200. The third-order valence-electron chi connectivity index (χ3n) is 1.44. The average Bonchev–Trinajstić information content (AvgIpc) is 2.02. The van der Waals surface area contributed by atoms with Gasteiger partial charge in [-0.05, 0) is 28.1 Å². The normalized spacial score (nSPS) is 11.7. The van der Waals surface area contributed by atoms with E-state index in [1.54, 1.807) is 0 Å². The molecule has 1 aromatic rings. The van der Waals surface area contributed by atoms with Crippen LogP contribution in [0.15, 0.2) is 22.8 Å². The number of aromatic nitrogens is 1. The van der Waals surface area contributed by atoms with Crippen molar-refractivity contribution in [3.8, 4) is 0 Å². The van der Waals surface area contributed by atoms with Gasteiger partial charge in [-0.3, -0.25) is 4.98 Å². The molecule has 0 saturated carbocycles. The second-order valence-corrected chi connectivity index (χ2v) is 6.59. The predicted molar refractivity (Wildman–Crippen MR) is 63.0 cm³/mol. The van der Waals surface area contributed by atoms with Crippen LogP contribution in [0.25, 0.3) is 0 Å². The lowest BCUT2D eigenvalue weighted by molar-refractivity contribution is 0.801. The van der Waals surface area contributed by atoms with Crippen LogP contribution < -0.4 is 0 Å². The summed E-state index contributed by atoms with van der Waals surface area (Å²) in [6, 6.07) is 4.09. The zero-order valence-electron chi connectivity index (χ0n) is 8.17. The third-order valence-corrected chi connectivity index (χ3v) is 3.22. The summed E-state index contributed by atoms with van der Waals surface area (Å²) in [5.74, 6) is 0.983. The number of hydrogen-bond acceptors (Lipinski definition) is 2. The van der Waals surface area contributed by atoms with Crippen molar-refractivity contribution < 1.29 is 0 Å². The first-order valence-corrected chi connectivity index (χ1v) is 6.00. The van der Waals surface area contributed by atoms with E-state index in [0.717, 1.165) is 15.9 Å². The van der Waals surface area contributed by atoms with Gasteiger partial charge < -0.3 is 0 Å². The molecule has 13 heavy (non-hydrogen) atoms. The lowest BCUT2D eigenvalue weighted by Gasteiger charge is -2.16. The highest BCUT2D eigenvalue weighted by Crippen LogP contribution is 2.26. The summed E-state index contributed by atoms with van der Waals surface area (Å²) in [6.45, 7) is 6.66. The third kappa shape index (κ3) is 4.67. The molecule has 0 amide bonds. The largest absolute Gasteiger partial charge is 0.259 e. The molecule has 0 aromatic carbocycles. The summed E-state index contributed by atoms with van der Waals surface area (Å²) in [7, 11) is 0. The highest BCUT2D eigenvalue weighted by atomic mass is 79.9. The quantitative estimate of drug-likeness (QED) is 0.800. The maximum Gasteiger partial charge on any atom is 0.0503 e. The van der Waals surface area contributed by atoms with Crippen LogP contribution in [-0.4, -0.2) is 9.73 Å². The molecule has 72 valence electrons. The molecule has 0 aliphatic heterocycles. The van der Waals surface area contributed by atoms with Crippen LogP contribution in [0.5, 0.6) is 0 Å². The van der Waals surface area contributed by atoms with Gasteiger partial charge in [0.1, 0.15) is 0 Å². The Kier molecular flexibility index (Phi) is 3.80. The summed E-state index contributed by atoms with van der Waals surface area (Å²) >= 11 is 5.28. The van der Waals surface area contributed by atoms with Crippen LogP contribution in [0.2, 0.25) is 0 Å². The van der Waals surface area contributed by atoms with E-state index >= 15 is 0 Å². The summed E-state index contributed by atoms with van der Waals surface area (Å²) in [6.07, 6.45) is 1.85. The standard InChI is InChI=1S/C10H14BrNS/c1-10(2,3)13-7-9-5-4-8(11)6-12-9/h4-6H,7H2,1-3H3. The molecule has 0 spiro atoms. The highest BCUT2D eigenvalue weighted by Gasteiger charge is 2.10. The van der Waals surface area contributed by atoms with Crippen molar-refractivity contribution in [2.75, 3.05) is 0 Å². The number of halogens is 1. The topological polar surface area (TPSA) is 12.9 Å². The van der Waals surface area contributed by atoms with E-state index in [4.69, 9.17) is 0 Å². The molecule has 0 N–H and O–H groups in total. The highest BCUT2D eigenvalue weighted by molar-refractivity contribution is 9.10. The molecular formula is C10H14BrNS. The minimum absolute atomic E-state index is 0.314. The van der Waals surface area contributed by atoms with Gasteiger partial charge in [0.25, 0.3) is 0 Å². The minimum Gasteiger partial charge on any atom is -0.259 e. The molecule has 0 atom stereocenters. The predicted octanol–water partition coefficient (Wildman–Crippen LogP) is 3.88. The number of hydrogen-bond donors (Lipinski definition) is 0. The molecule has 0 bridgehead atoms. The summed E-state index contributed by atoms with van der Waals surface area (Å²) in [4.78, 5) is 4.31. The maximum atomic E-state index is 4.31. The second-order valence-electron chi connectivity index (χ2n) is 3.87. The zero-order valence-corrected chi connectivity index (χ0v) is 10.6. The lowest BCUT2D eigenvalue weighted by atomic mass is 10.3. The van der Waals surface area contributed by atoms with E-state index in [9.17, 15) is 0 Å². The Labute approximate surface area is 92.5 Å². The van der Waals surface area contributed by atoms with Crippen molar-refractivity contribution in [1.29, 1.82) is 0 Å². The molecule has 3 heteroatoms. The fourth-order valence-corrected chi connectivity index (χ4v) is 1.77. The fourth-order valence-electron chi connectivity index (χ4n) is 0.782. The van der Waals surface area contributed by atoms with Crippen LogP contribution in [0, 0.1) is 0 Å². The number of nitrogens with zero attached hydrogens (tertiary/aromatic N) is 1. The Bertz CT molecular complexity index is 263. The van der Waals surface area contributed by atoms with Gasteiger partial charge in [-0.1, -0.05) is 20.8 Å². The monoisotopic (exact) mass is 259 g/mol. The lowest BCUT2D eigenvalue weighted by Crippen LogP contribution is -2.07. The Morgan fingerprint density at radius 2 is 2.08 bits per heavy atom. The summed E-state index contributed by atoms with van der Waals surface area (Å²) in [5, 5.41) is 0. The Balaban J connectivity index is 2.51. The van der Waals surface area contributed by atoms with Crippen molar-refractivity contribution >= 4 is 27.7 Å². The van der Waals surface area contributed by atoms with Gasteiger partial charge in [-0.15, -0.1) is 11.8 Å². The summed E-state index contributed by atoms with van der Waals surface area (Å²) in [5.41, 5.74) is 1.14. The van der Waals surface area contributed by atoms with Gasteiger partial charge in [0, 0.05) is 21.2 Å². The maximum absolute atomic E-state index is 4.31. The first kappa shape index (κ1) is 11.1. The van der Waals surface area contributed by atoms with Crippen LogP contribution in [0.4, 0.5) is 0 Å². The Morgan fingerprint density at radius 1 is 1.38 bits per heavy atom. The average molecular weight is 260 g/mol. The van der Waals surface area contributed by atoms with Gasteiger partial charge in [-0.2, -0.15) is 0 Å². The van der Waals surface area contributed by atoms with Crippen molar-refractivity contribution in [2.24, 2.45) is 0 Å².